The third-order valence-corrected chi connectivity index (χ3v) is 6.18. The zero-order valence-electron chi connectivity index (χ0n) is 16.3. The van der Waals surface area contributed by atoms with E-state index in [1.54, 1.807) is 4.90 Å². The molecule has 1 aromatic heterocycles. The maximum absolute atomic E-state index is 2.52. The molecule has 0 aliphatic carbocycles. The van der Waals surface area contributed by atoms with Crippen molar-refractivity contribution in [3.8, 4) is 0 Å². The van der Waals surface area contributed by atoms with Crippen LogP contribution in [-0.2, 0) is 6.54 Å². The molecular formula is C25H28N3+. The number of fused-ring (bicyclic) bond motifs is 3. The minimum absolute atomic E-state index is 1.10. The number of para-hydroxylation sites is 3. The van der Waals surface area contributed by atoms with Crippen LogP contribution in [0.1, 0.15) is 6.42 Å². The minimum atomic E-state index is 1.10. The second-order valence-corrected chi connectivity index (χ2v) is 7.86. The van der Waals surface area contributed by atoms with Gasteiger partial charge in [0.25, 0.3) is 0 Å². The lowest BCUT2D eigenvalue weighted by Gasteiger charge is -2.33. The lowest BCUT2D eigenvalue weighted by atomic mass is 10.2. The molecule has 1 aliphatic rings. The summed E-state index contributed by atoms with van der Waals surface area (Å²) >= 11 is 0. The molecular weight excluding hydrogens is 342 g/mol. The van der Waals surface area contributed by atoms with Gasteiger partial charge in [0.1, 0.15) is 0 Å². The largest absolute Gasteiger partial charge is 0.360 e. The van der Waals surface area contributed by atoms with Gasteiger partial charge in [0.2, 0.25) is 0 Å². The van der Waals surface area contributed by atoms with Crippen molar-refractivity contribution < 1.29 is 4.90 Å². The SMILES string of the molecule is c1ccc(N2CC[NH+](CCCn3c4ccccc4c4ccccc43)CC2)cc1. The number of aryl methyl sites for hydroxylation is 1. The van der Waals surface area contributed by atoms with E-state index in [1.807, 2.05) is 0 Å². The van der Waals surface area contributed by atoms with Crippen LogP contribution in [0.25, 0.3) is 21.8 Å². The van der Waals surface area contributed by atoms with Gasteiger partial charge in [-0.25, -0.2) is 0 Å². The van der Waals surface area contributed by atoms with Gasteiger partial charge in [-0.2, -0.15) is 0 Å². The molecule has 1 aliphatic heterocycles. The Kier molecular flexibility index (Phi) is 4.76. The molecule has 0 bridgehead atoms. The molecule has 2 heterocycles. The Morgan fingerprint density at radius 1 is 0.679 bits per heavy atom. The van der Waals surface area contributed by atoms with E-state index in [0.717, 1.165) is 19.6 Å². The summed E-state index contributed by atoms with van der Waals surface area (Å²) in [4.78, 5) is 4.27. The van der Waals surface area contributed by atoms with Crippen LogP contribution in [0.3, 0.4) is 0 Å². The van der Waals surface area contributed by atoms with E-state index >= 15 is 0 Å². The molecule has 4 aromatic rings. The fourth-order valence-electron chi connectivity index (χ4n) is 4.70. The van der Waals surface area contributed by atoms with Gasteiger partial charge in [-0.15, -0.1) is 0 Å². The van der Waals surface area contributed by atoms with Crippen molar-refractivity contribution in [3.63, 3.8) is 0 Å². The monoisotopic (exact) mass is 370 g/mol. The summed E-state index contributed by atoms with van der Waals surface area (Å²) in [7, 11) is 0. The topological polar surface area (TPSA) is 12.6 Å². The number of benzene rings is 3. The number of quaternary nitrogens is 1. The number of aromatic nitrogens is 1. The third kappa shape index (κ3) is 3.27. The second-order valence-electron chi connectivity index (χ2n) is 7.86. The highest BCUT2D eigenvalue weighted by Crippen LogP contribution is 2.28. The van der Waals surface area contributed by atoms with Crippen molar-refractivity contribution >= 4 is 27.5 Å². The van der Waals surface area contributed by atoms with Crippen LogP contribution in [-0.4, -0.2) is 37.3 Å². The number of anilines is 1. The van der Waals surface area contributed by atoms with E-state index in [1.165, 1.54) is 53.5 Å². The van der Waals surface area contributed by atoms with E-state index in [0.29, 0.717) is 0 Å². The predicted octanol–water partition coefficient (Wildman–Crippen LogP) is 3.59. The molecule has 3 nitrogen and oxygen atoms in total. The standard InChI is InChI=1S/C25H27N3/c1-2-9-21(10-3-1)27-19-17-26(18-20-27)15-8-16-28-24-13-6-4-11-22(24)23-12-5-7-14-25(23)28/h1-7,9-14H,8,15-20H2/p+1. The van der Waals surface area contributed by atoms with E-state index in [4.69, 9.17) is 0 Å². The number of hydrogen-bond acceptors (Lipinski definition) is 1. The molecule has 0 spiro atoms. The molecule has 0 radical (unpaired) electrons. The van der Waals surface area contributed by atoms with Crippen LogP contribution in [0.4, 0.5) is 5.69 Å². The van der Waals surface area contributed by atoms with E-state index in [2.05, 4.69) is 88.3 Å². The van der Waals surface area contributed by atoms with Crippen molar-refractivity contribution in [1.29, 1.82) is 0 Å². The molecule has 0 atom stereocenters. The van der Waals surface area contributed by atoms with Crippen molar-refractivity contribution in [2.75, 3.05) is 37.6 Å². The number of nitrogens with zero attached hydrogens (tertiary/aromatic N) is 2. The quantitative estimate of drug-likeness (QED) is 0.566. The van der Waals surface area contributed by atoms with Crippen molar-refractivity contribution in [1.82, 2.24) is 4.57 Å². The second kappa shape index (κ2) is 7.69. The number of hydrogen-bond donors (Lipinski definition) is 1. The Labute approximate surface area is 166 Å². The van der Waals surface area contributed by atoms with Gasteiger partial charge < -0.3 is 14.4 Å². The van der Waals surface area contributed by atoms with Gasteiger partial charge in [0, 0.05) is 40.5 Å². The first kappa shape index (κ1) is 17.3. The normalized spacial score (nSPS) is 15.5. The summed E-state index contributed by atoms with van der Waals surface area (Å²) in [6.07, 6.45) is 1.23. The highest BCUT2D eigenvalue weighted by atomic mass is 15.3. The molecule has 142 valence electrons. The molecule has 0 amide bonds. The van der Waals surface area contributed by atoms with Crippen LogP contribution in [0.2, 0.25) is 0 Å². The fourth-order valence-corrected chi connectivity index (χ4v) is 4.70. The van der Waals surface area contributed by atoms with E-state index < -0.39 is 0 Å². The molecule has 0 unspecified atom stereocenters. The molecule has 28 heavy (non-hydrogen) atoms. The first-order valence-corrected chi connectivity index (χ1v) is 10.5. The van der Waals surface area contributed by atoms with Crippen LogP contribution in [0, 0.1) is 0 Å². The lowest BCUT2D eigenvalue weighted by molar-refractivity contribution is -0.900. The molecule has 5 rings (SSSR count). The van der Waals surface area contributed by atoms with Gasteiger partial charge in [-0.05, 0) is 24.3 Å². The first-order valence-electron chi connectivity index (χ1n) is 10.5. The number of nitrogens with one attached hydrogen (secondary N) is 1. The van der Waals surface area contributed by atoms with Crippen LogP contribution in [0.5, 0.6) is 0 Å². The maximum Gasteiger partial charge on any atom is 0.0949 e. The summed E-state index contributed by atoms with van der Waals surface area (Å²) in [6.45, 7) is 7.15. The van der Waals surface area contributed by atoms with Crippen molar-refractivity contribution in [2.45, 2.75) is 13.0 Å². The van der Waals surface area contributed by atoms with Gasteiger partial charge in [-0.3, -0.25) is 0 Å². The smallest absolute Gasteiger partial charge is 0.0949 e. The minimum Gasteiger partial charge on any atom is -0.360 e. The Hall–Kier alpha value is -2.78. The number of rotatable bonds is 5. The van der Waals surface area contributed by atoms with Gasteiger partial charge in [0.05, 0.1) is 32.7 Å². The summed E-state index contributed by atoms with van der Waals surface area (Å²) in [6, 6.07) is 28.5. The van der Waals surface area contributed by atoms with Gasteiger partial charge >= 0.3 is 0 Å². The Bertz CT molecular complexity index is 1010. The molecule has 1 N–H and O–H groups in total. The molecule has 3 heteroatoms. The highest BCUT2D eigenvalue weighted by molar-refractivity contribution is 6.07. The summed E-state index contributed by atoms with van der Waals surface area (Å²) in [5.74, 6) is 0. The average molecular weight is 371 g/mol. The van der Waals surface area contributed by atoms with Crippen LogP contribution in [0.15, 0.2) is 78.9 Å². The fraction of sp³-hybridized carbons (Fsp3) is 0.280. The van der Waals surface area contributed by atoms with Crippen molar-refractivity contribution in [3.05, 3.63) is 78.9 Å². The first-order chi connectivity index (χ1) is 13.9. The maximum atomic E-state index is 2.52. The van der Waals surface area contributed by atoms with Crippen LogP contribution < -0.4 is 9.80 Å². The summed E-state index contributed by atoms with van der Waals surface area (Å²) in [5.41, 5.74) is 4.10. The Balaban J connectivity index is 1.23. The Morgan fingerprint density at radius 3 is 1.89 bits per heavy atom. The summed E-state index contributed by atoms with van der Waals surface area (Å²) < 4.78 is 2.52. The van der Waals surface area contributed by atoms with Gasteiger partial charge in [-0.1, -0.05) is 54.6 Å². The zero-order chi connectivity index (χ0) is 18.8. The molecule has 1 saturated heterocycles. The third-order valence-electron chi connectivity index (χ3n) is 6.18. The van der Waals surface area contributed by atoms with E-state index in [-0.39, 0.29) is 0 Å². The van der Waals surface area contributed by atoms with Crippen LogP contribution >= 0.6 is 0 Å². The number of piperazine rings is 1. The Morgan fingerprint density at radius 2 is 1.25 bits per heavy atom. The average Bonchev–Trinajstić information content (AvgIpc) is 3.09. The predicted molar refractivity (Wildman–Crippen MR) is 118 cm³/mol. The zero-order valence-corrected chi connectivity index (χ0v) is 16.3. The van der Waals surface area contributed by atoms with Crippen molar-refractivity contribution in [2.24, 2.45) is 0 Å². The van der Waals surface area contributed by atoms with E-state index in [9.17, 15) is 0 Å². The molecule has 3 aromatic carbocycles. The molecule has 1 fully saturated rings. The van der Waals surface area contributed by atoms with Gasteiger partial charge in [0.15, 0.2) is 0 Å². The molecule has 0 saturated carbocycles. The lowest BCUT2D eigenvalue weighted by Crippen LogP contribution is -3.14. The summed E-state index contributed by atoms with van der Waals surface area (Å²) in [5, 5.41) is 2.75. The highest BCUT2D eigenvalue weighted by Gasteiger charge is 2.19.